The molecule has 0 aliphatic rings. The fourth-order valence-electron chi connectivity index (χ4n) is 1.42. The molecular formula is C11H17BrN2OS. The van der Waals surface area contributed by atoms with Gasteiger partial charge in [-0.15, -0.1) is 11.3 Å². The Bertz CT molecular complexity index is 354. The summed E-state index contributed by atoms with van der Waals surface area (Å²) in [6.45, 7) is 6.53. The van der Waals surface area contributed by atoms with Gasteiger partial charge in [-0.1, -0.05) is 0 Å². The van der Waals surface area contributed by atoms with Crippen LogP contribution in [0.2, 0.25) is 0 Å². The topological polar surface area (TPSA) is 41.1 Å². The zero-order valence-corrected chi connectivity index (χ0v) is 12.1. The molecule has 2 N–H and O–H groups in total. The highest BCUT2D eigenvalue weighted by atomic mass is 79.9. The van der Waals surface area contributed by atoms with E-state index in [-0.39, 0.29) is 18.0 Å². The summed E-state index contributed by atoms with van der Waals surface area (Å²) in [4.78, 5) is 12.8. The average Bonchev–Trinajstić information content (AvgIpc) is 2.65. The fraction of sp³-hybridized carbons (Fsp3) is 0.545. The largest absolute Gasteiger partial charge is 0.355 e. The lowest BCUT2D eigenvalue weighted by Gasteiger charge is -2.18. The predicted molar refractivity (Wildman–Crippen MR) is 71.7 cm³/mol. The number of rotatable bonds is 5. The van der Waals surface area contributed by atoms with Crippen molar-refractivity contribution in [2.75, 3.05) is 6.54 Å². The minimum Gasteiger partial charge on any atom is -0.355 e. The number of hydrogen-bond donors (Lipinski definition) is 2. The van der Waals surface area contributed by atoms with Crippen LogP contribution in [0.15, 0.2) is 15.9 Å². The van der Waals surface area contributed by atoms with Gasteiger partial charge in [0.15, 0.2) is 0 Å². The molecule has 0 saturated carbocycles. The first-order valence-corrected chi connectivity index (χ1v) is 6.94. The van der Waals surface area contributed by atoms with Gasteiger partial charge in [0.1, 0.15) is 0 Å². The Hall–Kier alpha value is -0.390. The van der Waals surface area contributed by atoms with Gasteiger partial charge in [0.2, 0.25) is 5.91 Å². The minimum atomic E-state index is -0.171. The maximum absolute atomic E-state index is 11.5. The summed E-state index contributed by atoms with van der Waals surface area (Å²) < 4.78 is 1.11. The number of amides is 1. The summed E-state index contributed by atoms with van der Waals surface area (Å²) in [5.41, 5.74) is 0. The van der Waals surface area contributed by atoms with E-state index in [1.165, 1.54) is 4.88 Å². The van der Waals surface area contributed by atoms with Crippen molar-refractivity contribution in [2.24, 2.45) is 0 Å². The van der Waals surface area contributed by atoms with Crippen LogP contribution in [0.25, 0.3) is 0 Å². The molecule has 1 rings (SSSR count). The van der Waals surface area contributed by atoms with Gasteiger partial charge in [-0.3, -0.25) is 10.1 Å². The minimum absolute atomic E-state index is 0.0463. The van der Waals surface area contributed by atoms with Crippen LogP contribution >= 0.6 is 27.3 Å². The van der Waals surface area contributed by atoms with Crippen molar-refractivity contribution in [1.82, 2.24) is 10.6 Å². The first kappa shape index (κ1) is 13.7. The highest BCUT2D eigenvalue weighted by Crippen LogP contribution is 2.27. The van der Waals surface area contributed by atoms with Crippen molar-refractivity contribution in [3.8, 4) is 0 Å². The van der Waals surface area contributed by atoms with Crippen molar-refractivity contribution >= 4 is 33.2 Å². The lowest BCUT2D eigenvalue weighted by molar-refractivity contribution is -0.122. The van der Waals surface area contributed by atoms with Crippen LogP contribution in [0.1, 0.15) is 31.7 Å². The molecule has 90 valence electrons. The van der Waals surface area contributed by atoms with Crippen LogP contribution in [-0.4, -0.2) is 18.5 Å². The predicted octanol–water partition coefficient (Wildman–Crippen LogP) is 2.69. The number of hydrogen-bond acceptors (Lipinski definition) is 3. The molecule has 3 nitrogen and oxygen atoms in total. The first-order chi connectivity index (χ1) is 7.54. The monoisotopic (exact) mass is 304 g/mol. The van der Waals surface area contributed by atoms with Crippen molar-refractivity contribution in [3.63, 3.8) is 0 Å². The highest BCUT2D eigenvalue weighted by Gasteiger charge is 2.16. The van der Waals surface area contributed by atoms with Gasteiger partial charge >= 0.3 is 0 Å². The van der Waals surface area contributed by atoms with Crippen LogP contribution in [0, 0.1) is 0 Å². The van der Waals surface area contributed by atoms with E-state index in [1.54, 1.807) is 11.3 Å². The molecule has 2 atom stereocenters. The van der Waals surface area contributed by atoms with Gasteiger partial charge in [0.05, 0.1) is 9.83 Å². The normalized spacial score (nSPS) is 14.5. The maximum Gasteiger partial charge on any atom is 0.236 e. The Morgan fingerprint density at radius 3 is 2.69 bits per heavy atom. The van der Waals surface area contributed by atoms with Gasteiger partial charge in [-0.05, 0) is 48.8 Å². The summed E-state index contributed by atoms with van der Waals surface area (Å²) in [7, 11) is 0. The quantitative estimate of drug-likeness (QED) is 0.878. The van der Waals surface area contributed by atoms with E-state index in [1.807, 2.05) is 19.9 Å². The number of carbonyl (C=O) groups excluding carboxylic acids is 1. The third kappa shape index (κ3) is 3.88. The second-order valence-corrected chi connectivity index (χ2v) is 6.14. The number of likely N-dealkylation sites (N-methyl/N-ethyl adjacent to an activating group) is 1. The zero-order chi connectivity index (χ0) is 12.1. The lowest BCUT2D eigenvalue weighted by Crippen LogP contribution is -2.42. The Kier molecular flexibility index (Phi) is 5.44. The molecule has 5 heteroatoms. The number of nitrogens with one attached hydrogen (secondary N) is 2. The molecule has 1 aromatic rings. The summed E-state index contributed by atoms with van der Waals surface area (Å²) in [5, 5.41) is 6.07. The van der Waals surface area contributed by atoms with Crippen molar-refractivity contribution < 1.29 is 4.79 Å². The Morgan fingerprint density at radius 2 is 2.19 bits per heavy atom. The summed E-state index contributed by atoms with van der Waals surface area (Å²) in [5.74, 6) is 0.0463. The standard InChI is InChI=1S/C11H17BrN2OS/c1-4-13-11(15)8(3)14-7(2)9-5-6-10(12)16-9/h5-8,14H,4H2,1-3H3,(H,13,15). The van der Waals surface area contributed by atoms with Gasteiger partial charge in [0, 0.05) is 17.5 Å². The zero-order valence-electron chi connectivity index (χ0n) is 9.71. The highest BCUT2D eigenvalue weighted by molar-refractivity contribution is 9.11. The van der Waals surface area contributed by atoms with Crippen molar-refractivity contribution in [1.29, 1.82) is 0 Å². The van der Waals surface area contributed by atoms with Gasteiger partial charge in [-0.2, -0.15) is 0 Å². The molecule has 0 aromatic carbocycles. The maximum atomic E-state index is 11.5. The molecule has 2 unspecified atom stereocenters. The molecule has 16 heavy (non-hydrogen) atoms. The Labute approximate surface area is 109 Å². The van der Waals surface area contributed by atoms with E-state index < -0.39 is 0 Å². The van der Waals surface area contributed by atoms with Crippen molar-refractivity contribution in [3.05, 3.63) is 20.8 Å². The van der Waals surface area contributed by atoms with Crippen LogP contribution in [0.4, 0.5) is 0 Å². The van der Waals surface area contributed by atoms with Gasteiger partial charge in [-0.25, -0.2) is 0 Å². The van der Waals surface area contributed by atoms with E-state index in [4.69, 9.17) is 0 Å². The molecule has 0 saturated heterocycles. The number of thiophene rings is 1. The number of carbonyl (C=O) groups is 1. The first-order valence-electron chi connectivity index (χ1n) is 5.33. The molecule has 0 aliphatic heterocycles. The SMILES string of the molecule is CCNC(=O)C(C)NC(C)c1ccc(Br)s1. The Morgan fingerprint density at radius 1 is 1.50 bits per heavy atom. The summed E-state index contributed by atoms with van der Waals surface area (Å²) >= 11 is 5.12. The molecule has 0 fully saturated rings. The van der Waals surface area contributed by atoms with E-state index in [2.05, 4.69) is 39.6 Å². The third-order valence-electron chi connectivity index (χ3n) is 2.27. The van der Waals surface area contributed by atoms with Gasteiger partial charge in [0.25, 0.3) is 0 Å². The second kappa shape index (κ2) is 6.37. The van der Waals surface area contributed by atoms with Crippen molar-refractivity contribution in [2.45, 2.75) is 32.9 Å². The van der Waals surface area contributed by atoms with Crippen LogP contribution in [0.3, 0.4) is 0 Å². The third-order valence-corrected chi connectivity index (χ3v) is 4.07. The average molecular weight is 305 g/mol. The lowest BCUT2D eigenvalue weighted by atomic mass is 10.2. The van der Waals surface area contributed by atoms with E-state index in [0.29, 0.717) is 6.54 Å². The van der Waals surface area contributed by atoms with E-state index in [9.17, 15) is 4.79 Å². The molecule has 1 heterocycles. The molecule has 1 aromatic heterocycles. The molecule has 0 aliphatic carbocycles. The van der Waals surface area contributed by atoms with Crippen LogP contribution < -0.4 is 10.6 Å². The van der Waals surface area contributed by atoms with Gasteiger partial charge < -0.3 is 5.32 Å². The van der Waals surface area contributed by atoms with Crippen LogP contribution in [0.5, 0.6) is 0 Å². The van der Waals surface area contributed by atoms with E-state index >= 15 is 0 Å². The Balaban J connectivity index is 2.51. The second-order valence-electron chi connectivity index (χ2n) is 3.65. The molecule has 1 amide bonds. The number of halogens is 1. The summed E-state index contributed by atoms with van der Waals surface area (Å²) in [6, 6.07) is 4.11. The smallest absolute Gasteiger partial charge is 0.236 e. The van der Waals surface area contributed by atoms with E-state index in [0.717, 1.165) is 3.79 Å². The molecule has 0 spiro atoms. The molecule has 0 bridgehead atoms. The summed E-state index contributed by atoms with van der Waals surface area (Å²) in [6.07, 6.45) is 0. The molecule has 0 radical (unpaired) electrons. The molecular weight excluding hydrogens is 288 g/mol. The fourth-order valence-corrected chi connectivity index (χ4v) is 2.86. The van der Waals surface area contributed by atoms with Crippen LogP contribution in [-0.2, 0) is 4.79 Å².